The fraction of sp³-hybridized carbons (Fsp3) is 0.667. The predicted molar refractivity (Wildman–Crippen MR) is 129 cm³/mol. The first-order chi connectivity index (χ1) is 15.4. The number of aliphatic hydroxyl groups is 1. The number of ketones is 1. The van der Waals surface area contributed by atoms with Gasteiger partial charge in [0, 0.05) is 31.1 Å². The van der Waals surface area contributed by atoms with E-state index < -0.39 is 23.5 Å². The van der Waals surface area contributed by atoms with Gasteiger partial charge in [-0.3, -0.25) is 9.59 Å². The van der Waals surface area contributed by atoms with Crippen LogP contribution in [-0.4, -0.2) is 34.1 Å². The van der Waals surface area contributed by atoms with E-state index in [9.17, 15) is 14.7 Å². The summed E-state index contributed by atoms with van der Waals surface area (Å²) in [5.41, 5.74) is 2.09. The number of Topliss-reactive ketones (excluding diaryl/α,β-unsaturated/α-hetero) is 1. The summed E-state index contributed by atoms with van der Waals surface area (Å²) in [6.07, 6.45) is 8.30. The van der Waals surface area contributed by atoms with E-state index in [1.807, 2.05) is 33.8 Å². The summed E-state index contributed by atoms with van der Waals surface area (Å²) in [5.74, 6) is -0.189. The van der Waals surface area contributed by atoms with Gasteiger partial charge in [-0.1, -0.05) is 39.3 Å². The predicted octanol–water partition coefficient (Wildman–Crippen LogP) is 5.83. The number of oxazole rings is 1. The largest absolute Gasteiger partial charge is 0.457 e. The quantitative estimate of drug-likeness (QED) is 0.442. The second-order valence-electron chi connectivity index (χ2n) is 10.3. The van der Waals surface area contributed by atoms with Crippen LogP contribution in [0, 0.1) is 24.2 Å². The number of ether oxygens (including phenoxy) is 1. The molecular formula is C27H41NO5. The molecule has 0 aliphatic carbocycles. The zero-order valence-electron chi connectivity index (χ0n) is 21.3. The molecule has 0 aromatic carbocycles. The molecule has 0 saturated heterocycles. The molecule has 1 aromatic rings. The van der Waals surface area contributed by atoms with Gasteiger partial charge in [0.2, 0.25) is 0 Å². The number of rotatable bonds is 2. The molecule has 4 atom stereocenters. The van der Waals surface area contributed by atoms with E-state index >= 15 is 0 Å². The highest BCUT2D eigenvalue weighted by atomic mass is 16.5. The highest BCUT2D eigenvalue weighted by Gasteiger charge is 2.36. The first-order valence-corrected chi connectivity index (χ1v) is 12.1. The fourth-order valence-electron chi connectivity index (χ4n) is 4.40. The molecule has 2 rings (SSSR count). The van der Waals surface area contributed by atoms with Crippen molar-refractivity contribution in [3.63, 3.8) is 0 Å². The summed E-state index contributed by atoms with van der Waals surface area (Å²) in [7, 11) is 0. The Hall–Kier alpha value is -2.21. The van der Waals surface area contributed by atoms with Crippen LogP contribution in [0.5, 0.6) is 0 Å². The number of hydrogen-bond acceptors (Lipinski definition) is 6. The minimum absolute atomic E-state index is 0.00755. The van der Waals surface area contributed by atoms with Gasteiger partial charge in [-0.05, 0) is 57.1 Å². The average Bonchev–Trinajstić information content (AvgIpc) is 3.17. The smallest absolute Gasteiger partial charge is 0.306 e. The number of aryl methyl sites for hydroxylation is 1. The molecule has 1 N–H and O–H groups in total. The van der Waals surface area contributed by atoms with E-state index in [0.717, 1.165) is 24.8 Å². The van der Waals surface area contributed by atoms with E-state index in [1.165, 1.54) is 5.57 Å². The Balaban J connectivity index is 2.27. The molecule has 6 nitrogen and oxygen atoms in total. The van der Waals surface area contributed by atoms with Crippen LogP contribution in [0.3, 0.4) is 0 Å². The standard InChI is InChI=1S/C27H41NO5/c1-17-9-8-10-18(2)25(30)20(4)26(31)27(6,7)14-13-24(29)33-23(12-11-17)19(3)15-22-16-32-21(5)28-22/h11,15-16,18,20,23,25,30H,8-10,12-14H2,1-7H3/b17-11-,19-15+/t18-,20+,23-,25-/m0/s1. The Kier molecular flexibility index (Phi) is 9.65. The van der Waals surface area contributed by atoms with Crippen molar-refractivity contribution in [1.82, 2.24) is 4.98 Å². The number of nitrogens with zero attached hydrogens (tertiary/aromatic N) is 1. The van der Waals surface area contributed by atoms with Gasteiger partial charge in [-0.15, -0.1) is 0 Å². The third kappa shape index (κ3) is 7.95. The van der Waals surface area contributed by atoms with Gasteiger partial charge in [0.05, 0.1) is 6.10 Å². The number of carbonyl (C=O) groups excluding carboxylic acids is 2. The topological polar surface area (TPSA) is 89.6 Å². The zero-order valence-corrected chi connectivity index (χ0v) is 21.3. The number of aromatic nitrogens is 1. The number of esters is 1. The minimum atomic E-state index is -0.717. The molecule has 0 fully saturated rings. The molecule has 6 heteroatoms. The van der Waals surface area contributed by atoms with Crippen molar-refractivity contribution in [2.24, 2.45) is 17.3 Å². The van der Waals surface area contributed by atoms with E-state index in [4.69, 9.17) is 9.15 Å². The molecule has 0 bridgehead atoms. The first kappa shape index (κ1) is 27.0. The molecule has 33 heavy (non-hydrogen) atoms. The maximum absolute atomic E-state index is 13.1. The lowest BCUT2D eigenvalue weighted by molar-refractivity contribution is -0.148. The summed E-state index contributed by atoms with van der Waals surface area (Å²) in [4.78, 5) is 30.2. The molecule has 1 aliphatic rings. The van der Waals surface area contributed by atoms with Crippen LogP contribution in [0.1, 0.15) is 91.7 Å². The van der Waals surface area contributed by atoms with Gasteiger partial charge in [0.25, 0.3) is 0 Å². The SMILES string of the molecule is C/C1=C/C[C@@H](/C(C)=C/c2coc(C)n2)OC(=O)CCC(C)(C)C(=O)[C@H](C)[C@@H](O)[C@@H](C)CCC1. The van der Waals surface area contributed by atoms with Gasteiger partial charge in [-0.25, -0.2) is 4.98 Å². The van der Waals surface area contributed by atoms with E-state index in [0.29, 0.717) is 24.4 Å². The van der Waals surface area contributed by atoms with Gasteiger partial charge in [0.1, 0.15) is 23.8 Å². The lowest BCUT2D eigenvalue weighted by atomic mass is 9.74. The van der Waals surface area contributed by atoms with Crippen molar-refractivity contribution in [3.8, 4) is 0 Å². The highest BCUT2D eigenvalue weighted by Crippen LogP contribution is 2.32. The lowest BCUT2D eigenvalue weighted by Crippen LogP contribution is -2.39. The highest BCUT2D eigenvalue weighted by molar-refractivity contribution is 5.87. The number of hydrogen-bond donors (Lipinski definition) is 1. The third-order valence-electron chi connectivity index (χ3n) is 6.83. The average molecular weight is 460 g/mol. The Morgan fingerprint density at radius 2 is 1.91 bits per heavy atom. The maximum atomic E-state index is 13.1. The molecule has 2 heterocycles. The number of aliphatic hydroxyl groups excluding tert-OH is 1. The van der Waals surface area contributed by atoms with Crippen LogP contribution >= 0.6 is 0 Å². The van der Waals surface area contributed by atoms with Gasteiger partial charge in [-0.2, -0.15) is 0 Å². The van der Waals surface area contributed by atoms with Crippen molar-refractivity contribution in [2.45, 2.75) is 99.2 Å². The molecular weight excluding hydrogens is 418 g/mol. The summed E-state index contributed by atoms with van der Waals surface area (Å²) in [6.45, 7) is 13.3. The lowest BCUT2D eigenvalue weighted by Gasteiger charge is -2.31. The maximum Gasteiger partial charge on any atom is 0.306 e. The minimum Gasteiger partial charge on any atom is -0.457 e. The Labute approximate surface area is 198 Å². The molecule has 184 valence electrons. The van der Waals surface area contributed by atoms with E-state index in [-0.39, 0.29) is 24.1 Å². The second kappa shape index (κ2) is 11.8. The Morgan fingerprint density at radius 3 is 2.55 bits per heavy atom. The number of carbonyl (C=O) groups is 2. The van der Waals surface area contributed by atoms with Gasteiger partial charge in [0.15, 0.2) is 5.89 Å². The first-order valence-electron chi connectivity index (χ1n) is 12.1. The van der Waals surface area contributed by atoms with Crippen molar-refractivity contribution in [1.29, 1.82) is 0 Å². The molecule has 0 amide bonds. The second-order valence-corrected chi connectivity index (χ2v) is 10.3. The van der Waals surface area contributed by atoms with Crippen LogP contribution < -0.4 is 0 Å². The Morgan fingerprint density at radius 1 is 1.21 bits per heavy atom. The third-order valence-corrected chi connectivity index (χ3v) is 6.83. The van der Waals surface area contributed by atoms with Crippen LogP contribution in [0.4, 0.5) is 0 Å². The normalized spacial score (nSPS) is 30.4. The van der Waals surface area contributed by atoms with Gasteiger partial charge >= 0.3 is 5.97 Å². The number of cyclic esters (lactones) is 1. The summed E-state index contributed by atoms with van der Waals surface area (Å²) in [5, 5.41) is 10.8. The van der Waals surface area contributed by atoms with Crippen molar-refractivity contribution in [2.75, 3.05) is 0 Å². The van der Waals surface area contributed by atoms with Crippen LogP contribution in [-0.2, 0) is 14.3 Å². The van der Waals surface area contributed by atoms with Crippen LogP contribution in [0.2, 0.25) is 0 Å². The van der Waals surface area contributed by atoms with Crippen molar-refractivity contribution in [3.05, 3.63) is 35.1 Å². The molecule has 0 unspecified atom stereocenters. The molecule has 0 saturated carbocycles. The van der Waals surface area contributed by atoms with Crippen molar-refractivity contribution >= 4 is 17.8 Å². The fourth-order valence-corrected chi connectivity index (χ4v) is 4.40. The molecule has 0 spiro atoms. The Bertz CT molecular complexity index is 879. The molecule has 0 radical (unpaired) electrons. The van der Waals surface area contributed by atoms with E-state index in [2.05, 4.69) is 18.0 Å². The molecule has 1 aromatic heterocycles. The zero-order chi connectivity index (χ0) is 24.8. The summed E-state index contributed by atoms with van der Waals surface area (Å²) < 4.78 is 11.1. The summed E-state index contributed by atoms with van der Waals surface area (Å²) >= 11 is 0. The van der Waals surface area contributed by atoms with Crippen LogP contribution in [0.25, 0.3) is 6.08 Å². The van der Waals surface area contributed by atoms with E-state index in [1.54, 1.807) is 20.1 Å². The van der Waals surface area contributed by atoms with Crippen molar-refractivity contribution < 1.29 is 23.8 Å². The van der Waals surface area contributed by atoms with Gasteiger partial charge < -0.3 is 14.3 Å². The van der Waals surface area contributed by atoms with Crippen LogP contribution in [0.15, 0.2) is 27.9 Å². The molecule has 1 aliphatic heterocycles. The number of allylic oxidation sites excluding steroid dienone is 1. The monoisotopic (exact) mass is 459 g/mol. The summed E-state index contributed by atoms with van der Waals surface area (Å²) in [6, 6.07) is 0.